The second kappa shape index (κ2) is 5.47. The van der Waals surface area contributed by atoms with Crippen molar-refractivity contribution in [2.24, 2.45) is 0 Å². The fraction of sp³-hybridized carbons (Fsp3) is 0.500. The third kappa shape index (κ3) is 2.96. The lowest BCUT2D eigenvalue weighted by Crippen LogP contribution is -2.47. The molecule has 1 saturated heterocycles. The number of carbonyl (C=O) groups excluding carboxylic acids is 1. The predicted octanol–water partition coefficient (Wildman–Crippen LogP) is 1.56. The summed E-state index contributed by atoms with van der Waals surface area (Å²) in [5.74, 6) is -0.0124. The molecule has 0 bridgehead atoms. The zero-order chi connectivity index (χ0) is 12.3. The second-order valence-corrected chi connectivity index (χ2v) is 4.68. The van der Waals surface area contributed by atoms with Crippen molar-refractivity contribution in [3.05, 3.63) is 29.0 Å². The van der Waals surface area contributed by atoms with Crippen LogP contribution in [-0.4, -0.2) is 42.0 Å². The van der Waals surface area contributed by atoms with Gasteiger partial charge in [0.1, 0.15) is 5.69 Å². The number of likely N-dealkylation sites (tertiary alicyclic amines) is 1. The SMILES string of the molecule is CN[C@@H]1CCCN(C(=O)c2ccc(Cl)cn2)C1. The maximum absolute atomic E-state index is 12.2. The molecule has 17 heavy (non-hydrogen) atoms. The van der Waals surface area contributed by atoms with Gasteiger partial charge in [0, 0.05) is 25.3 Å². The van der Waals surface area contributed by atoms with Gasteiger partial charge in [-0.05, 0) is 32.0 Å². The minimum atomic E-state index is -0.0124. The van der Waals surface area contributed by atoms with Crippen LogP contribution in [0.15, 0.2) is 18.3 Å². The summed E-state index contributed by atoms with van der Waals surface area (Å²) in [6.45, 7) is 1.56. The van der Waals surface area contributed by atoms with Crippen LogP contribution in [0.5, 0.6) is 0 Å². The number of carbonyl (C=O) groups is 1. The Labute approximate surface area is 106 Å². The lowest BCUT2D eigenvalue weighted by molar-refractivity contribution is 0.0692. The third-order valence-corrected chi connectivity index (χ3v) is 3.29. The number of rotatable bonds is 2. The molecule has 1 aromatic heterocycles. The Kier molecular flexibility index (Phi) is 3.97. The molecule has 5 heteroatoms. The summed E-state index contributed by atoms with van der Waals surface area (Å²) in [6, 6.07) is 3.76. The Morgan fingerprint density at radius 1 is 1.59 bits per heavy atom. The van der Waals surface area contributed by atoms with E-state index < -0.39 is 0 Å². The molecule has 0 spiro atoms. The number of amides is 1. The molecule has 1 aromatic rings. The lowest BCUT2D eigenvalue weighted by Gasteiger charge is -2.32. The molecule has 0 saturated carbocycles. The minimum absolute atomic E-state index is 0.0124. The topological polar surface area (TPSA) is 45.2 Å². The summed E-state index contributed by atoms with van der Waals surface area (Å²) >= 11 is 5.75. The maximum Gasteiger partial charge on any atom is 0.272 e. The van der Waals surface area contributed by atoms with E-state index in [1.54, 1.807) is 12.1 Å². The Hall–Kier alpha value is -1.13. The standard InChI is InChI=1S/C12H16ClN3O/c1-14-10-3-2-6-16(8-10)12(17)11-5-4-9(13)7-15-11/h4-5,7,10,14H,2-3,6,8H2,1H3/t10-/m1/s1. The molecule has 1 N–H and O–H groups in total. The first-order valence-electron chi connectivity index (χ1n) is 5.79. The molecule has 4 nitrogen and oxygen atoms in total. The van der Waals surface area contributed by atoms with Crippen molar-refractivity contribution < 1.29 is 4.79 Å². The van der Waals surface area contributed by atoms with E-state index in [2.05, 4.69) is 10.3 Å². The van der Waals surface area contributed by atoms with Gasteiger partial charge in [0.05, 0.1) is 5.02 Å². The molecular formula is C12H16ClN3O. The van der Waals surface area contributed by atoms with E-state index >= 15 is 0 Å². The highest BCUT2D eigenvalue weighted by molar-refractivity contribution is 6.30. The number of hydrogen-bond acceptors (Lipinski definition) is 3. The molecule has 2 heterocycles. The van der Waals surface area contributed by atoms with Crippen molar-refractivity contribution in [1.29, 1.82) is 0 Å². The van der Waals surface area contributed by atoms with Crippen LogP contribution in [0.2, 0.25) is 5.02 Å². The molecule has 1 aliphatic rings. The summed E-state index contributed by atoms with van der Waals surface area (Å²) in [7, 11) is 1.93. The first-order valence-corrected chi connectivity index (χ1v) is 6.16. The van der Waals surface area contributed by atoms with Crippen molar-refractivity contribution in [3.8, 4) is 0 Å². The van der Waals surface area contributed by atoms with Crippen LogP contribution in [0.25, 0.3) is 0 Å². The van der Waals surface area contributed by atoms with Gasteiger partial charge in [0.2, 0.25) is 0 Å². The van der Waals surface area contributed by atoms with Crippen LogP contribution in [0.3, 0.4) is 0 Å². The smallest absolute Gasteiger partial charge is 0.272 e. The van der Waals surface area contributed by atoms with Crippen molar-refractivity contribution in [1.82, 2.24) is 15.2 Å². The number of aromatic nitrogens is 1. The molecule has 1 amide bonds. The van der Waals surface area contributed by atoms with E-state index in [1.165, 1.54) is 6.20 Å². The van der Waals surface area contributed by atoms with E-state index in [0.29, 0.717) is 16.8 Å². The van der Waals surface area contributed by atoms with E-state index in [0.717, 1.165) is 25.9 Å². The van der Waals surface area contributed by atoms with Crippen LogP contribution >= 0.6 is 11.6 Å². The van der Waals surface area contributed by atoms with E-state index in [4.69, 9.17) is 11.6 Å². The largest absolute Gasteiger partial charge is 0.336 e. The molecule has 1 fully saturated rings. The predicted molar refractivity (Wildman–Crippen MR) is 67.2 cm³/mol. The summed E-state index contributed by atoms with van der Waals surface area (Å²) in [5, 5.41) is 3.76. The second-order valence-electron chi connectivity index (χ2n) is 4.24. The van der Waals surface area contributed by atoms with Gasteiger partial charge < -0.3 is 10.2 Å². The zero-order valence-electron chi connectivity index (χ0n) is 9.82. The highest BCUT2D eigenvalue weighted by Crippen LogP contribution is 2.14. The molecule has 2 rings (SSSR count). The van der Waals surface area contributed by atoms with Gasteiger partial charge in [-0.1, -0.05) is 11.6 Å². The summed E-state index contributed by atoms with van der Waals surface area (Å²) in [4.78, 5) is 18.1. The molecule has 0 aromatic carbocycles. The number of hydrogen-bond donors (Lipinski definition) is 1. The molecule has 0 aliphatic carbocycles. The Balaban J connectivity index is 2.06. The van der Waals surface area contributed by atoms with E-state index in [9.17, 15) is 4.79 Å². The average molecular weight is 254 g/mol. The van der Waals surface area contributed by atoms with E-state index in [-0.39, 0.29) is 5.91 Å². The molecule has 1 atom stereocenters. The van der Waals surface area contributed by atoms with Gasteiger partial charge in [-0.3, -0.25) is 4.79 Å². The van der Waals surface area contributed by atoms with Crippen molar-refractivity contribution in [2.45, 2.75) is 18.9 Å². The van der Waals surface area contributed by atoms with Gasteiger partial charge in [0.25, 0.3) is 5.91 Å². The van der Waals surface area contributed by atoms with Crippen molar-refractivity contribution in [2.75, 3.05) is 20.1 Å². The van der Waals surface area contributed by atoms with E-state index in [1.807, 2.05) is 11.9 Å². The third-order valence-electron chi connectivity index (χ3n) is 3.06. The normalized spacial score (nSPS) is 20.4. The van der Waals surface area contributed by atoms with Crippen molar-refractivity contribution >= 4 is 17.5 Å². The monoisotopic (exact) mass is 253 g/mol. The zero-order valence-corrected chi connectivity index (χ0v) is 10.6. The summed E-state index contributed by atoms with van der Waals surface area (Å²) < 4.78 is 0. The van der Waals surface area contributed by atoms with Crippen LogP contribution < -0.4 is 5.32 Å². The van der Waals surface area contributed by atoms with Gasteiger partial charge in [0.15, 0.2) is 0 Å². The number of likely N-dealkylation sites (N-methyl/N-ethyl adjacent to an activating group) is 1. The number of pyridine rings is 1. The maximum atomic E-state index is 12.2. The Morgan fingerprint density at radius 2 is 2.41 bits per heavy atom. The van der Waals surface area contributed by atoms with Crippen LogP contribution in [0, 0.1) is 0 Å². The molecular weight excluding hydrogens is 238 g/mol. The van der Waals surface area contributed by atoms with Crippen LogP contribution in [0.1, 0.15) is 23.3 Å². The quantitative estimate of drug-likeness (QED) is 0.870. The number of nitrogens with one attached hydrogen (secondary N) is 1. The van der Waals surface area contributed by atoms with Crippen molar-refractivity contribution in [3.63, 3.8) is 0 Å². The lowest BCUT2D eigenvalue weighted by atomic mass is 10.1. The van der Waals surface area contributed by atoms with Gasteiger partial charge in [-0.15, -0.1) is 0 Å². The minimum Gasteiger partial charge on any atom is -0.336 e. The summed E-state index contributed by atoms with van der Waals surface area (Å²) in [6.07, 6.45) is 3.66. The fourth-order valence-corrected chi connectivity index (χ4v) is 2.17. The number of halogens is 1. The Morgan fingerprint density at radius 3 is 3.06 bits per heavy atom. The Bertz CT molecular complexity index is 393. The first kappa shape index (κ1) is 12.3. The fourth-order valence-electron chi connectivity index (χ4n) is 2.06. The molecule has 1 aliphatic heterocycles. The summed E-state index contributed by atoms with van der Waals surface area (Å²) in [5.41, 5.74) is 0.464. The van der Waals surface area contributed by atoms with Gasteiger partial charge in [-0.25, -0.2) is 4.98 Å². The average Bonchev–Trinajstić information content (AvgIpc) is 2.39. The highest BCUT2D eigenvalue weighted by Gasteiger charge is 2.23. The van der Waals surface area contributed by atoms with Crippen LogP contribution in [-0.2, 0) is 0 Å². The van der Waals surface area contributed by atoms with Crippen LogP contribution in [0.4, 0.5) is 0 Å². The molecule has 92 valence electrons. The number of nitrogens with zero attached hydrogens (tertiary/aromatic N) is 2. The first-order chi connectivity index (χ1) is 8.20. The highest BCUT2D eigenvalue weighted by atomic mass is 35.5. The van der Waals surface area contributed by atoms with Gasteiger partial charge in [-0.2, -0.15) is 0 Å². The number of piperidine rings is 1. The molecule has 0 radical (unpaired) electrons. The molecule has 0 unspecified atom stereocenters. The van der Waals surface area contributed by atoms with Gasteiger partial charge >= 0.3 is 0 Å².